The van der Waals surface area contributed by atoms with Crippen LogP contribution in [0.3, 0.4) is 0 Å². The molecule has 2 aliphatic heterocycles. The Labute approximate surface area is 202 Å². The van der Waals surface area contributed by atoms with Crippen LogP contribution < -0.4 is 10.6 Å². The third kappa shape index (κ3) is 4.49. The molecule has 2 aliphatic rings. The van der Waals surface area contributed by atoms with Crippen molar-refractivity contribution in [1.82, 2.24) is 10.3 Å². The predicted octanol–water partition coefficient (Wildman–Crippen LogP) is 4.19. The summed E-state index contributed by atoms with van der Waals surface area (Å²) in [5, 5.41) is 7.24. The Morgan fingerprint density at radius 3 is 2.29 bits per heavy atom. The number of anilines is 1. The van der Waals surface area contributed by atoms with E-state index in [1.165, 1.54) is 0 Å². The number of halogens is 1. The molecular weight excluding hydrogens is 454 g/mol. The molecule has 3 heterocycles. The SMILES string of the molecule is O=C1CCC(=O)OC2(CNCCc3c2ccc(Cl)c3NCc2ccc(-c3ccncc3)cc2)O1. The summed E-state index contributed by atoms with van der Waals surface area (Å²) in [6, 6.07) is 15.8. The first kappa shape index (κ1) is 22.4. The van der Waals surface area contributed by atoms with Crippen LogP contribution in [-0.4, -0.2) is 30.0 Å². The van der Waals surface area contributed by atoms with E-state index >= 15 is 0 Å². The lowest BCUT2D eigenvalue weighted by atomic mass is 9.96. The van der Waals surface area contributed by atoms with Crippen LogP contribution in [0.15, 0.2) is 60.9 Å². The van der Waals surface area contributed by atoms with Crippen molar-refractivity contribution in [2.24, 2.45) is 0 Å². The van der Waals surface area contributed by atoms with Crippen LogP contribution in [0.25, 0.3) is 11.1 Å². The van der Waals surface area contributed by atoms with E-state index in [4.69, 9.17) is 21.1 Å². The predicted molar refractivity (Wildman–Crippen MR) is 128 cm³/mol. The molecule has 0 saturated carbocycles. The molecule has 0 aliphatic carbocycles. The highest BCUT2D eigenvalue weighted by Crippen LogP contribution is 2.40. The van der Waals surface area contributed by atoms with Gasteiger partial charge in [-0.05, 0) is 59.5 Å². The Balaban J connectivity index is 1.43. The highest BCUT2D eigenvalue weighted by molar-refractivity contribution is 6.33. The summed E-state index contributed by atoms with van der Waals surface area (Å²) in [6.45, 7) is 1.36. The van der Waals surface area contributed by atoms with Crippen molar-refractivity contribution in [2.75, 3.05) is 18.4 Å². The lowest BCUT2D eigenvalue weighted by Crippen LogP contribution is -2.43. The number of aromatic nitrogens is 1. The van der Waals surface area contributed by atoms with Gasteiger partial charge < -0.3 is 20.1 Å². The zero-order valence-electron chi connectivity index (χ0n) is 18.5. The van der Waals surface area contributed by atoms with Gasteiger partial charge in [-0.1, -0.05) is 35.9 Å². The van der Waals surface area contributed by atoms with Crippen LogP contribution >= 0.6 is 11.6 Å². The molecule has 7 nitrogen and oxygen atoms in total. The topological polar surface area (TPSA) is 89.6 Å². The Kier molecular flexibility index (Phi) is 6.22. The number of hydrogen-bond acceptors (Lipinski definition) is 7. The molecule has 2 aromatic carbocycles. The molecule has 1 saturated heterocycles. The summed E-state index contributed by atoms with van der Waals surface area (Å²) in [5.41, 5.74) is 5.56. The van der Waals surface area contributed by atoms with Gasteiger partial charge in [-0.3, -0.25) is 14.6 Å². The maximum atomic E-state index is 12.3. The fourth-order valence-electron chi connectivity index (χ4n) is 4.42. The maximum Gasteiger partial charge on any atom is 0.309 e. The highest BCUT2D eigenvalue weighted by atomic mass is 35.5. The van der Waals surface area contributed by atoms with Crippen LogP contribution in [0.5, 0.6) is 0 Å². The monoisotopic (exact) mass is 477 g/mol. The average Bonchev–Trinajstić information content (AvgIpc) is 3.11. The van der Waals surface area contributed by atoms with Gasteiger partial charge in [0, 0.05) is 24.5 Å². The van der Waals surface area contributed by atoms with Crippen molar-refractivity contribution in [3.8, 4) is 11.1 Å². The Morgan fingerprint density at radius 2 is 1.59 bits per heavy atom. The number of nitrogens with one attached hydrogen (secondary N) is 2. The molecule has 5 rings (SSSR count). The lowest BCUT2D eigenvalue weighted by Gasteiger charge is -2.32. The molecule has 8 heteroatoms. The Bertz CT molecular complexity index is 1200. The molecule has 1 spiro atoms. The fourth-order valence-corrected chi connectivity index (χ4v) is 4.66. The van der Waals surface area contributed by atoms with E-state index in [0.29, 0.717) is 30.1 Å². The molecular formula is C26H24ClN3O4. The maximum absolute atomic E-state index is 12.3. The van der Waals surface area contributed by atoms with Crippen molar-refractivity contribution in [3.05, 3.63) is 82.6 Å². The first-order valence-electron chi connectivity index (χ1n) is 11.2. The summed E-state index contributed by atoms with van der Waals surface area (Å²) in [4.78, 5) is 28.6. The van der Waals surface area contributed by atoms with Crippen LogP contribution in [0.4, 0.5) is 5.69 Å². The highest BCUT2D eigenvalue weighted by Gasteiger charge is 2.45. The number of esters is 2. The van der Waals surface area contributed by atoms with Crippen LogP contribution in [0.2, 0.25) is 5.02 Å². The number of pyridine rings is 1. The minimum Gasteiger partial charge on any atom is -0.416 e. The number of nitrogens with zero attached hydrogens (tertiary/aromatic N) is 1. The number of rotatable bonds is 4. The van der Waals surface area contributed by atoms with Gasteiger partial charge in [-0.25, -0.2) is 0 Å². The van der Waals surface area contributed by atoms with Crippen molar-refractivity contribution >= 4 is 29.2 Å². The lowest BCUT2D eigenvalue weighted by molar-refractivity contribution is -0.225. The van der Waals surface area contributed by atoms with Crippen LogP contribution in [-0.2, 0) is 37.8 Å². The molecule has 1 aromatic heterocycles. The first-order valence-corrected chi connectivity index (χ1v) is 11.6. The minimum absolute atomic E-state index is 0.00407. The summed E-state index contributed by atoms with van der Waals surface area (Å²) < 4.78 is 11.4. The van der Waals surface area contributed by atoms with Gasteiger partial charge in [0.25, 0.3) is 5.79 Å². The third-order valence-electron chi connectivity index (χ3n) is 6.11. The molecule has 3 aromatic rings. The van der Waals surface area contributed by atoms with E-state index in [1.807, 2.05) is 12.1 Å². The molecule has 0 bridgehead atoms. The van der Waals surface area contributed by atoms with Gasteiger partial charge in [0.1, 0.15) is 0 Å². The zero-order chi connectivity index (χ0) is 23.5. The van der Waals surface area contributed by atoms with E-state index < -0.39 is 17.7 Å². The Morgan fingerprint density at radius 1 is 0.912 bits per heavy atom. The largest absolute Gasteiger partial charge is 0.416 e. The third-order valence-corrected chi connectivity index (χ3v) is 6.42. The zero-order valence-corrected chi connectivity index (χ0v) is 19.2. The second kappa shape index (κ2) is 9.44. The summed E-state index contributed by atoms with van der Waals surface area (Å²) in [5.74, 6) is -2.41. The van der Waals surface area contributed by atoms with Gasteiger partial charge in [0.15, 0.2) is 0 Å². The number of carbonyl (C=O) groups is 2. The van der Waals surface area contributed by atoms with Crippen molar-refractivity contribution in [2.45, 2.75) is 31.6 Å². The summed E-state index contributed by atoms with van der Waals surface area (Å²) in [7, 11) is 0. The van der Waals surface area contributed by atoms with Gasteiger partial charge in [0.05, 0.1) is 30.1 Å². The second-order valence-corrected chi connectivity index (χ2v) is 8.77. The standard InChI is InChI=1S/C26H24ClN3O4/c27-22-6-5-21-20(11-14-29-16-26(21)33-23(31)7-8-24(32)34-26)25(22)30-15-17-1-3-18(4-2-17)19-9-12-28-13-10-19/h1-6,9-10,12-13,29-30H,7-8,11,14-16H2. The summed E-state index contributed by atoms with van der Waals surface area (Å²) in [6.07, 6.45) is 4.20. The van der Waals surface area contributed by atoms with E-state index in [9.17, 15) is 9.59 Å². The van der Waals surface area contributed by atoms with Crippen molar-refractivity contribution in [1.29, 1.82) is 0 Å². The number of carbonyl (C=O) groups excluding carboxylic acids is 2. The molecule has 0 unspecified atom stereocenters. The van der Waals surface area contributed by atoms with Crippen LogP contribution in [0.1, 0.15) is 29.5 Å². The number of fused-ring (bicyclic) bond motifs is 2. The minimum atomic E-state index is -1.50. The normalized spacial score (nSPS) is 17.2. The van der Waals surface area contributed by atoms with E-state index in [-0.39, 0.29) is 19.4 Å². The average molecular weight is 478 g/mol. The quantitative estimate of drug-likeness (QED) is 0.544. The fraction of sp³-hybridized carbons (Fsp3) is 0.269. The number of benzene rings is 2. The summed E-state index contributed by atoms with van der Waals surface area (Å²) >= 11 is 6.60. The molecule has 174 valence electrons. The van der Waals surface area contributed by atoms with Gasteiger partial charge in [-0.15, -0.1) is 0 Å². The van der Waals surface area contributed by atoms with Crippen molar-refractivity contribution < 1.29 is 19.1 Å². The number of hydrogen-bond donors (Lipinski definition) is 2. The van der Waals surface area contributed by atoms with Gasteiger partial charge in [0.2, 0.25) is 0 Å². The molecule has 0 atom stereocenters. The van der Waals surface area contributed by atoms with Gasteiger partial charge >= 0.3 is 11.9 Å². The van der Waals surface area contributed by atoms with Crippen molar-refractivity contribution in [3.63, 3.8) is 0 Å². The second-order valence-electron chi connectivity index (χ2n) is 8.36. The Hall–Kier alpha value is -3.42. The molecule has 0 amide bonds. The van der Waals surface area contributed by atoms with E-state index in [2.05, 4.69) is 39.9 Å². The molecule has 0 radical (unpaired) electrons. The van der Waals surface area contributed by atoms with E-state index in [0.717, 1.165) is 27.9 Å². The van der Waals surface area contributed by atoms with Gasteiger partial charge in [-0.2, -0.15) is 0 Å². The smallest absolute Gasteiger partial charge is 0.309 e. The molecule has 1 fully saturated rings. The van der Waals surface area contributed by atoms with Crippen LogP contribution in [0, 0.1) is 0 Å². The molecule has 2 N–H and O–H groups in total. The van der Waals surface area contributed by atoms with E-state index in [1.54, 1.807) is 24.5 Å². The number of ether oxygens (including phenoxy) is 2. The first-order chi connectivity index (χ1) is 16.5. The molecule has 34 heavy (non-hydrogen) atoms.